The van der Waals surface area contributed by atoms with E-state index in [-0.39, 0.29) is 50.7 Å². The van der Waals surface area contributed by atoms with Crippen molar-refractivity contribution in [3.05, 3.63) is 0 Å². The predicted octanol–water partition coefficient (Wildman–Crippen LogP) is -2.68. The summed E-state index contributed by atoms with van der Waals surface area (Å²) in [5, 5.41) is 15.2. The Kier molecular flexibility index (Phi) is 114. The van der Waals surface area contributed by atoms with E-state index in [9.17, 15) is 9.59 Å². The van der Waals surface area contributed by atoms with Crippen molar-refractivity contribution >= 4 is 35.1 Å². The number of rotatable bonds is 2. The summed E-state index contributed by atoms with van der Waals surface area (Å²) in [5.41, 5.74) is 0. The molecular formula is C4H14Cl2CuO8. The minimum absolute atomic E-state index is 0. The fraction of sp³-hybridized carbons (Fsp3) is 0.500. The molecule has 0 saturated carbocycles. The second-order valence-corrected chi connectivity index (χ2v) is 1.59. The van der Waals surface area contributed by atoms with Crippen LogP contribution in [0.15, 0.2) is 0 Å². The largest absolute Gasteiger partial charge is 0.480 e. The van der Waals surface area contributed by atoms with Crippen molar-refractivity contribution < 1.29 is 58.8 Å². The second kappa shape index (κ2) is 37.1. The first-order chi connectivity index (χ1) is 4.54. The zero-order valence-corrected chi connectivity index (χ0v) is 9.64. The molecule has 0 heterocycles. The van der Waals surface area contributed by atoms with Crippen molar-refractivity contribution in [1.82, 2.24) is 0 Å². The fourth-order valence-corrected chi connectivity index (χ4v) is 0. The van der Waals surface area contributed by atoms with Gasteiger partial charge in [0.15, 0.2) is 0 Å². The molecule has 11 heteroatoms. The van der Waals surface area contributed by atoms with Gasteiger partial charge in [-0.05, 0) is 0 Å². The molecule has 0 spiro atoms. The van der Waals surface area contributed by atoms with Crippen molar-refractivity contribution in [2.24, 2.45) is 0 Å². The average molecular weight is 325 g/mol. The summed E-state index contributed by atoms with van der Waals surface area (Å²) in [6.45, 7) is 0. The van der Waals surface area contributed by atoms with Gasteiger partial charge in [-0.25, -0.2) is 0 Å². The van der Waals surface area contributed by atoms with Crippen molar-refractivity contribution in [1.29, 1.82) is 0 Å². The fourth-order valence-electron chi connectivity index (χ4n) is 0. The molecule has 0 aliphatic carbocycles. The Morgan fingerprint density at radius 2 is 0.867 bits per heavy atom. The summed E-state index contributed by atoms with van der Waals surface area (Å²) in [4.78, 5) is 18.5. The molecule has 0 amide bonds. The van der Waals surface area contributed by atoms with Crippen LogP contribution in [-0.4, -0.2) is 55.8 Å². The molecule has 15 heavy (non-hydrogen) atoms. The van der Waals surface area contributed by atoms with Crippen LogP contribution < -0.4 is 0 Å². The van der Waals surface area contributed by atoms with E-state index >= 15 is 0 Å². The van der Waals surface area contributed by atoms with Crippen LogP contribution >= 0.6 is 23.2 Å². The molecule has 0 unspecified atom stereocenters. The van der Waals surface area contributed by atoms with Crippen LogP contribution in [0.4, 0.5) is 0 Å². The maximum absolute atomic E-state index is 9.24. The molecular weight excluding hydrogens is 310 g/mol. The van der Waals surface area contributed by atoms with Crippen molar-refractivity contribution in [3.8, 4) is 0 Å². The van der Waals surface area contributed by atoms with Crippen molar-refractivity contribution in [2.75, 3.05) is 11.8 Å². The van der Waals surface area contributed by atoms with E-state index in [0.717, 1.165) is 0 Å². The first-order valence-corrected chi connectivity index (χ1v) is 3.17. The van der Waals surface area contributed by atoms with E-state index in [1.807, 2.05) is 0 Å². The number of carbonyl (C=O) groups is 2. The third kappa shape index (κ3) is 130. The van der Waals surface area contributed by atoms with Gasteiger partial charge in [-0.1, -0.05) is 0 Å². The van der Waals surface area contributed by atoms with Gasteiger partial charge in [-0.3, -0.25) is 9.59 Å². The summed E-state index contributed by atoms with van der Waals surface area (Å²) in [6.07, 6.45) is 0. The number of carboxylic acids is 2. The van der Waals surface area contributed by atoms with E-state index in [4.69, 9.17) is 33.4 Å². The van der Waals surface area contributed by atoms with Crippen LogP contribution in [-0.2, 0) is 26.7 Å². The molecule has 10 N–H and O–H groups in total. The van der Waals surface area contributed by atoms with Crippen LogP contribution in [0.1, 0.15) is 0 Å². The van der Waals surface area contributed by atoms with Gasteiger partial charge in [0.25, 0.3) is 0 Å². The predicted molar refractivity (Wildman–Crippen MR) is 51.2 cm³/mol. The van der Waals surface area contributed by atoms with Crippen molar-refractivity contribution in [2.45, 2.75) is 0 Å². The quantitative estimate of drug-likeness (QED) is 0.411. The van der Waals surface area contributed by atoms with Gasteiger partial charge in [0, 0.05) is 17.1 Å². The summed E-state index contributed by atoms with van der Waals surface area (Å²) < 4.78 is 0. The number of aliphatic carboxylic acids is 2. The molecule has 0 rings (SSSR count). The van der Waals surface area contributed by atoms with E-state index in [2.05, 4.69) is 0 Å². The molecule has 0 bridgehead atoms. The summed E-state index contributed by atoms with van der Waals surface area (Å²) in [6, 6.07) is 0. The summed E-state index contributed by atoms with van der Waals surface area (Å²) >= 11 is 9.47. The Bertz CT molecular complexity index is 109. The molecule has 103 valence electrons. The minimum atomic E-state index is -0.980. The average Bonchev–Trinajstić information content (AvgIpc) is 1.89. The van der Waals surface area contributed by atoms with E-state index in [1.165, 1.54) is 0 Å². The molecule has 0 fully saturated rings. The monoisotopic (exact) mass is 323 g/mol. The normalized spacial score (nSPS) is 4.93. The molecule has 0 atom stereocenters. The minimum Gasteiger partial charge on any atom is -0.480 e. The third-order valence-electron chi connectivity index (χ3n) is 0.229. The van der Waals surface area contributed by atoms with Gasteiger partial charge in [0.1, 0.15) is 11.8 Å². The van der Waals surface area contributed by atoms with Crippen molar-refractivity contribution in [3.63, 3.8) is 0 Å². The van der Waals surface area contributed by atoms with Crippen LogP contribution in [0.5, 0.6) is 0 Å². The van der Waals surface area contributed by atoms with Gasteiger partial charge in [0.05, 0.1) is 0 Å². The summed E-state index contributed by atoms with van der Waals surface area (Å²) in [7, 11) is 0. The summed E-state index contributed by atoms with van der Waals surface area (Å²) in [5.74, 6) is -2.57. The van der Waals surface area contributed by atoms with Gasteiger partial charge in [-0.2, -0.15) is 0 Å². The number of hydrogen-bond donors (Lipinski definition) is 2. The number of hydrogen-bond acceptors (Lipinski definition) is 2. The molecule has 0 aliphatic rings. The van der Waals surface area contributed by atoms with E-state index < -0.39 is 11.9 Å². The Hall–Kier alpha value is -0.121. The molecule has 8 nitrogen and oxygen atoms in total. The van der Waals surface area contributed by atoms with Gasteiger partial charge >= 0.3 is 11.9 Å². The maximum atomic E-state index is 9.24. The van der Waals surface area contributed by atoms with Gasteiger partial charge in [-0.15, -0.1) is 23.2 Å². The Morgan fingerprint density at radius 1 is 0.800 bits per heavy atom. The second-order valence-electron chi connectivity index (χ2n) is 1.05. The first-order valence-electron chi connectivity index (χ1n) is 2.10. The zero-order valence-electron chi connectivity index (χ0n) is 7.18. The first kappa shape index (κ1) is 46.2. The standard InChI is InChI=1S/2C2H3ClO2.Cu.4H2O/c2*3-1-2(4)5;;;;;/h2*1H2,(H,4,5);;4*1H2. The molecule has 0 aliphatic heterocycles. The molecule has 1 radical (unpaired) electrons. The topological polar surface area (TPSA) is 201 Å². The van der Waals surface area contributed by atoms with Gasteiger partial charge in [0.2, 0.25) is 0 Å². The Morgan fingerprint density at radius 3 is 0.867 bits per heavy atom. The number of alkyl halides is 2. The maximum Gasteiger partial charge on any atom is 0.318 e. The smallest absolute Gasteiger partial charge is 0.318 e. The van der Waals surface area contributed by atoms with Crippen LogP contribution in [0, 0.1) is 0 Å². The van der Waals surface area contributed by atoms with Crippen LogP contribution in [0.3, 0.4) is 0 Å². The van der Waals surface area contributed by atoms with E-state index in [0.29, 0.717) is 0 Å². The molecule has 0 aromatic carbocycles. The molecule has 0 aromatic heterocycles. The number of halogens is 2. The van der Waals surface area contributed by atoms with E-state index in [1.54, 1.807) is 0 Å². The Balaban J connectivity index is -0.0000000128. The SMILES string of the molecule is O.O.O.O.O=C(O)CCl.O=C(O)CCl.[Cu]. The molecule has 0 aromatic rings. The van der Waals surface area contributed by atoms with Crippen LogP contribution in [0.2, 0.25) is 0 Å². The zero-order chi connectivity index (χ0) is 8.57. The Labute approximate surface area is 106 Å². The third-order valence-corrected chi connectivity index (χ3v) is 0.686. The van der Waals surface area contributed by atoms with Gasteiger partial charge < -0.3 is 32.1 Å². The number of carboxylic acid groups (broad SMARTS) is 2. The van der Waals surface area contributed by atoms with Crippen LogP contribution in [0.25, 0.3) is 0 Å². The molecule has 0 saturated heterocycles.